The summed E-state index contributed by atoms with van der Waals surface area (Å²) in [6.45, 7) is 0.347. The standard InChI is InChI=1S/C13H17ClN2O4/c1-16(7-6-12(17)18)13(19)15-8-9-10(14)4-3-5-11(9)20-2/h3-5H,6-8H2,1-2H3,(H,15,19)(H,17,18). The molecule has 6 nitrogen and oxygen atoms in total. The zero-order valence-corrected chi connectivity index (χ0v) is 12.1. The summed E-state index contributed by atoms with van der Waals surface area (Å²) >= 11 is 6.05. The first-order valence-corrected chi connectivity index (χ1v) is 6.35. The van der Waals surface area contributed by atoms with E-state index in [-0.39, 0.29) is 25.5 Å². The second kappa shape index (κ2) is 7.59. The molecule has 0 atom stereocenters. The lowest BCUT2D eigenvalue weighted by atomic mass is 10.2. The van der Waals surface area contributed by atoms with E-state index in [9.17, 15) is 9.59 Å². The maximum atomic E-state index is 11.8. The molecule has 1 aromatic carbocycles. The molecule has 0 saturated carbocycles. The van der Waals surface area contributed by atoms with Gasteiger partial charge in [-0.2, -0.15) is 0 Å². The van der Waals surface area contributed by atoms with Crippen LogP contribution in [0.1, 0.15) is 12.0 Å². The van der Waals surface area contributed by atoms with Crippen LogP contribution in [0.3, 0.4) is 0 Å². The molecule has 0 bridgehead atoms. The van der Waals surface area contributed by atoms with Crippen LogP contribution in [0.4, 0.5) is 4.79 Å². The van der Waals surface area contributed by atoms with Crippen molar-refractivity contribution in [1.82, 2.24) is 10.2 Å². The Bertz CT molecular complexity index is 493. The number of urea groups is 1. The second-order valence-corrected chi connectivity index (χ2v) is 4.55. The molecule has 20 heavy (non-hydrogen) atoms. The van der Waals surface area contributed by atoms with Gasteiger partial charge in [-0.25, -0.2) is 4.79 Å². The number of halogens is 1. The highest BCUT2D eigenvalue weighted by molar-refractivity contribution is 6.31. The number of nitrogens with zero attached hydrogens (tertiary/aromatic N) is 1. The number of amides is 2. The van der Waals surface area contributed by atoms with E-state index in [1.165, 1.54) is 19.1 Å². The highest BCUT2D eigenvalue weighted by atomic mass is 35.5. The van der Waals surface area contributed by atoms with Crippen LogP contribution in [0.25, 0.3) is 0 Å². The maximum Gasteiger partial charge on any atom is 0.317 e. The Balaban J connectivity index is 2.59. The summed E-state index contributed by atoms with van der Waals surface area (Å²) in [5, 5.41) is 11.7. The monoisotopic (exact) mass is 300 g/mol. The van der Waals surface area contributed by atoms with Gasteiger partial charge in [0.1, 0.15) is 5.75 Å². The van der Waals surface area contributed by atoms with Crippen LogP contribution in [-0.4, -0.2) is 42.7 Å². The van der Waals surface area contributed by atoms with E-state index in [2.05, 4.69) is 5.32 Å². The minimum Gasteiger partial charge on any atom is -0.496 e. The van der Waals surface area contributed by atoms with E-state index in [1.807, 2.05) is 0 Å². The van der Waals surface area contributed by atoms with Crippen molar-refractivity contribution in [2.45, 2.75) is 13.0 Å². The maximum absolute atomic E-state index is 11.8. The van der Waals surface area contributed by atoms with Gasteiger partial charge in [-0.1, -0.05) is 17.7 Å². The van der Waals surface area contributed by atoms with E-state index in [1.54, 1.807) is 18.2 Å². The van der Waals surface area contributed by atoms with Crippen molar-refractivity contribution in [3.63, 3.8) is 0 Å². The van der Waals surface area contributed by atoms with Crippen molar-refractivity contribution >= 4 is 23.6 Å². The third-order valence-electron chi connectivity index (χ3n) is 2.72. The normalized spacial score (nSPS) is 9.95. The van der Waals surface area contributed by atoms with Gasteiger partial charge in [0.05, 0.1) is 13.5 Å². The smallest absolute Gasteiger partial charge is 0.317 e. The van der Waals surface area contributed by atoms with Crippen molar-refractivity contribution in [3.05, 3.63) is 28.8 Å². The Kier molecular flexibility index (Phi) is 6.11. The van der Waals surface area contributed by atoms with Crippen molar-refractivity contribution in [1.29, 1.82) is 0 Å². The van der Waals surface area contributed by atoms with Crippen LogP contribution in [0.15, 0.2) is 18.2 Å². The summed E-state index contributed by atoms with van der Waals surface area (Å²) in [7, 11) is 3.05. The van der Waals surface area contributed by atoms with Gasteiger partial charge in [0.25, 0.3) is 0 Å². The van der Waals surface area contributed by atoms with Crippen molar-refractivity contribution < 1.29 is 19.4 Å². The number of nitrogens with one attached hydrogen (secondary N) is 1. The Morgan fingerprint density at radius 1 is 1.45 bits per heavy atom. The average Bonchev–Trinajstić information content (AvgIpc) is 2.42. The third-order valence-corrected chi connectivity index (χ3v) is 3.07. The van der Waals surface area contributed by atoms with E-state index in [4.69, 9.17) is 21.4 Å². The predicted molar refractivity (Wildman–Crippen MR) is 75.1 cm³/mol. The molecule has 1 aromatic rings. The lowest BCUT2D eigenvalue weighted by Crippen LogP contribution is -2.38. The largest absolute Gasteiger partial charge is 0.496 e. The summed E-state index contributed by atoms with van der Waals surface area (Å²) in [5.74, 6) is -0.358. The minimum atomic E-state index is -0.947. The molecule has 0 aliphatic carbocycles. The number of ether oxygens (including phenoxy) is 1. The SMILES string of the molecule is COc1cccc(Cl)c1CNC(=O)N(C)CCC(=O)O. The molecule has 2 amide bonds. The van der Waals surface area contributed by atoms with Crippen molar-refractivity contribution in [2.24, 2.45) is 0 Å². The molecule has 0 spiro atoms. The van der Waals surface area contributed by atoms with Gasteiger partial charge >= 0.3 is 12.0 Å². The molecule has 0 aliphatic heterocycles. The number of carboxylic acid groups (broad SMARTS) is 1. The number of benzene rings is 1. The molecule has 0 aromatic heterocycles. The summed E-state index contributed by atoms with van der Waals surface area (Å²) in [6, 6.07) is 4.85. The molecule has 0 fully saturated rings. The number of carboxylic acids is 1. The second-order valence-electron chi connectivity index (χ2n) is 4.14. The summed E-state index contributed by atoms with van der Waals surface area (Å²) in [6.07, 6.45) is -0.0979. The Labute approximate surface area is 122 Å². The van der Waals surface area contributed by atoms with Gasteiger partial charge in [0.15, 0.2) is 0 Å². The molecule has 7 heteroatoms. The summed E-state index contributed by atoms with van der Waals surface area (Å²) < 4.78 is 5.17. The number of methoxy groups -OCH3 is 1. The highest BCUT2D eigenvalue weighted by Crippen LogP contribution is 2.25. The average molecular weight is 301 g/mol. The van der Waals surface area contributed by atoms with Gasteiger partial charge in [-0.3, -0.25) is 4.79 Å². The van der Waals surface area contributed by atoms with Crippen LogP contribution in [0.2, 0.25) is 5.02 Å². The van der Waals surface area contributed by atoms with E-state index in [0.717, 1.165) is 0 Å². The van der Waals surface area contributed by atoms with Gasteiger partial charge < -0.3 is 20.1 Å². The van der Waals surface area contributed by atoms with E-state index < -0.39 is 5.97 Å². The number of rotatable bonds is 6. The molecular formula is C13H17ClN2O4. The van der Waals surface area contributed by atoms with Gasteiger partial charge in [0, 0.05) is 30.7 Å². The number of hydrogen-bond donors (Lipinski definition) is 2. The quantitative estimate of drug-likeness (QED) is 0.842. The number of aliphatic carboxylic acids is 1. The first-order valence-electron chi connectivity index (χ1n) is 5.97. The Morgan fingerprint density at radius 3 is 2.75 bits per heavy atom. The molecule has 0 radical (unpaired) electrons. The zero-order valence-electron chi connectivity index (χ0n) is 11.4. The lowest BCUT2D eigenvalue weighted by Gasteiger charge is -2.18. The number of carbonyl (C=O) groups excluding carboxylic acids is 1. The van der Waals surface area contributed by atoms with Crippen LogP contribution in [-0.2, 0) is 11.3 Å². The fraction of sp³-hybridized carbons (Fsp3) is 0.385. The molecule has 110 valence electrons. The van der Waals surface area contributed by atoms with Gasteiger partial charge in [0.2, 0.25) is 0 Å². The molecule has 0 heterocycles. The molecule has 0 unspecified atom stereocenters. The number of hydrogen-bond acceptors (Lipinski definition) is 3. The van der Waals surface area contributed by atoms with Crippen molar-refractivity contribution in [2.75, 3.05) is 20.7 Å². The summed E-state index contributed by atoms with van der Waals surface area (Å²) in [5.41, 5.74) is 0.677. The third kappa shape index (κ3) is 4.62. The molecule has 1 rings (SSSR count). The fourth-order valence-corrected chi connectivity index (χ4v) is 1.80. The fourth-order valence-electron chi connectivity index (χ4n) is 1.57. The van der Waals surface area contributed by atoms with Crippen LogP contribution >= 0.6 is 11.6 Å². The summed E-state index contributed by atoms with van der Waals surface area (Å²) in [4.78, 5) is 23.5. The van der Waals surface area contributed by atoms with Gasteiger partial charge in [-0.05, 0) is 12.1 Å². The molecular weight excluding hydrogens is 284 g/mol. The van der Waals surface area contributed by atoms with E-state index >= 15 is 0 Å². The predicted octanol–water partition coefficient (Wildman–Crippen LogP) is 1.96. The first-order chi connectivity index (χ1) is 9.45. The topological polar surface area (TPSA) is 78.9 Å². The van der Waals surface area contributed by atoms with Gasteiger partial charge in [-0.15, -0.1) is 0 Å². The molecule has 2 N–H and O–H groups in total. The molecule has 0 aliphatic rings. The van der Waals surface area contributed by atoms with Crippen LogP contribution in [0, 0.1) is 0 Å². The highest BCUT2D eigenvalue weighted by Gasteiger charge is 2.12. The Hall–Kier alpha value is -1.95. The van der Waals surface area contributed by atoms with Crippen LogP contribution in [0.5, 0.6) is 5.75 Å². The minimum absolute atomic E-state index is 0.0979. The lowest BCUT2D eigenvalue weighted by molar-refractivity contribution is -0.137. The Morgan fingerprint density at radius 2 is 2.15 bits per heavy atom. The van der Waals surface area contributed by atoms with Crippen LogP contribution < -0.4 is 10.1 Å². The molecule has 0 saturated heterocycles. The first kappa shape index (κ1) is 16.1. The number of carbonyl (C=O) groups is 2. The van der Waals surface area contributed by atoms with Crippen molar-refractivity contribution in [3.8, 4) is 5.75 Å². The zero-order chi connectivity index (χ0) is 15.1. The van der Waals surface area contributed by atoms with E-state index in [0.29, 0.717) is 16.3 Å².